The molecule has 0 heterocycles. The number of phosphoric acid groups is 1. The van der Waals surface area contributed by atoms with Crippen molar-refractivity contribution in [3.05, 3.63) is 12.2 Å². The molecular formula is C39H76NO8P. The van der Waals surface area contributed by atoms with E-state index in [2.05, 4.69) is 26.0 Å². The fourth-order valence-electron chi connectivity index (χ4n) is 5.63. The van der Waals surface area contributed by atoms with Crippen LogP contribution in [0.2, 0.25) is 0 Å². The molecule has 0 saturated carbocycles. The van der Waals surface area contributed by atoms with Gasteiger partial charge in [0, 0.05) is 19.4 Å². The molecule has 0 aliphatic heterocycles. The van der Waals surface area contributed by atoms with Crippen LogP contribution in [0.5, 0.6) is 0 Å². The van der Waals surface area contributed by atoms with E-state index >= 15 is 0 Å². The van der Waals surface area contributed by atoms with Crippen LogP contribution < -0.4 is 5.73 Å². The van der Waals surface area contributed by atoms with Crippen LogP contribution in [-0.2, 0) is 32.7 Å². The van der Waals surface area contributed by atoms with Gasteiger partial charge in [-0.2, -0.15) is 0 Å². The Bertz CT molecular complexity index is 825. The van der Waals surface area contributed by atoms with Gasteiger partial charge in [0.2, 0.25) is 0 Å². The summed E-state index contributed by atoms with van der Waals surface area (Å²) in [5, 5.41) is 0. The van der Waals surface area contributed by atoms with Crippen molar-refractivity contribution >= 4 is 19.8 Å². The van der Waals surface area contributed by atoms with Gasteiger partial charge in [-0.15, -0.1) is 0 Å². The van der Waals surface area contributed by atoms with Crippen LogP contribution in [0.1, 0.15) is 194 Å². The highest BCUT2D eigenvalue weighted by Crippen LogP contribution is 2.43. The second kappa shape index (κ2) is 36.5. The van der Waals surface area contributed by atoms with Crippen molar-refractivity contribution < 1.29 is 37.6 Å². The molecule has 0 aliphatic rings. The van der Waals surface area contributed by atoms with Crippen LogP contribution in [0.15, 0.2) is 12.2 Å². The topological polar surface area (TPSA) is 134 Å². The zero-order valence-corrected chi connectivity index (χ0v) is 32.6. The fraction of sp³-hybridized carbons (Fsp3) is 0.897. The molecule has 0 saturated heterocycles. The molecule has 290 valence electrons. The van der Waals surface area contributed by atoms with Crippen LogP contribution >= 0.6 is 7.82 Å². The van der Waals surface area contributed by atoms with E-state index in [1.165, 1.54) is 122 Å². The van der Waals surface area contributed by atoms with Crippen molar-refractivity contribution in [2.45, 2.75) is 200 Å². The average molecular weight is 718 g/mol. The maximum absolute atomic E-state index is 12.5. The summed E-state index contributed by atoms with van der Waals surface area (Å²) in [6.07, 6.45) is 35.4. The first-order valence-electron chi connectivity index (χ1n) is 20.2. The summed E-state index contributed by atoms with van der Waals surface area (Å²) in [5.74, 6) is -0.830. The van der Waals surface area contributed by atoms with Crippen molar-refractivity contribution in [2.24, 2.45) is 5.73 Å². The number of rotatable bonds is 38. The number of ether oxygens (including phenoxy) is 2. The average Bonchev–Trinajstić information content (AvgIpc) is 3.08. The first-order valence-corrected chi connectivity index (χ1v) is 21.7. The number of unbranched alkanes of at least 4 members (excludes halogenated alkanes) is 23. The van der Waals surface area contributed by atoms with E-state index in [9.17, 15) is 19.0 Å². The lowest BCUT2D eigenvalue weighted by molar-refractivity contribution is -0.161. The highest BCUT2D eigenvalue weighted by molar-refractivity contribution is 7.47. The molecule has 0 spiro atoms. The molecule has 0 fully saturated rings. The van der Waals surface area contributed by atoms with Crippen LogP contribution in [-0.4, -0.2) is 49.3 Å². The summed E-state index contributed by atoms with van der Waals surface area (Å²) in [4.78, 5) is 34.7. The Morgan fingerprint density at radius 1 is 0.592 bits per heavy atom. The standard InChI is InChI=1S/C39H76NO8P/c1-3-5-7-9-11-13-14-15-16-17-18-19-20-21-22-24-25-27-29-31-38(41)45-35-37(36-47-49(43,44)46-34-33-40)48-39(42)32-30-28-26-23-12-10-8-6-4-2/h17-18,37H,3-16,19-36,40H2,1-2H3,(H,43,44)/b18-17-/t37-/m1/s1. The normalized spacial score (nSPS) is 13.5. The van der Waals surface area contributed by atoms with Crippen LogP contribution in [0.25, 0.3) is 0 Å². The van der Waals surface area contributed by atoms with Crippen molar-refractivity contribution in [1.82, 2.24) is 0 Å². The zero-order valence-electron chi connectivity index (χ0n) is 31.7. The van der Waals surface area contributed by atoms with E-state index in [0.29, 0.717) is 6.42 Å². The number of hydrogen-bond donors (Lipinski definition) is 2. The van der Waals surface area contributed by atoms with E-state index in [1.807, 2.05) is 0 Å². The largest absolute Gasteiger partial charge is 0.472 e. The zero-order chi connectivity index (χ0) is 36.1. The Hall–Kier alpha value is -1.25. The fourth-order valence-corrected chi connectivity index (χ4v) is 6.39. The molecule has 10 heteroatoms. The molecule has 0 radical (unpaired) electrons. The van der Waals surface area contributed by atoms with Crippen LogP contribution in [0.3, 0.4) is 0 Å². The lowest BCUT2D eigenvalue weighted by atomic mass is 10.1. The molecule has 1 unspecified atom stereocenters. The van der Waals surface area contributed by atoms with Gasteiger partial charge in [0.25, 0.3) is 0 Å². The number of nitrogens with two attached hydrogens (primary N) is 1. The third-order valence-electron chi connectivity index (χ3n) is 8.65. The summed E-state index contributed by atoms with van der Waals surface area (Å²) in [6, 6.07) is 0. The molecule has 0 bridgehead atoms. The Balaban J connectivity index is 4.08. The minimum atomic E-state index is -4.36. The number of esters is 2. The van der Waals surface area contributed by atoms with Gasteiger partial charge in [0.15, 0.2) is 6.10 Å². The highest BCUT2D eigenvalue weighted by atomic mass is 31.2. The Morgan fingerprint density at radius 2 is 1.00 bits per heavy atom. The maximum atomic E-state index is 12.5. The van der Waals surface area contributed by atoms with Crippen LogP contribution in [0, 0.1) is 0 Å². The molecule has 0 aromatic carbocycles. The SMILES string of the molecule is CCCCCCCCCC/C=C\CCCCCCCCCC(=O)OC[C@H](COP(=O)(O)OCCN)OC(=O)CCCCCCCCCCC. The van der Waals surface area contributed by atoms with Crippen molar-refractivity contribution in [3.63, 3.8) is 0 Å². The first kappa shape index (κ1) is 47.8. The predicted molar refractivity (Wildman–Crippen MR) is 201 cm³/mol. The quantitative estimate of drug-likeness (QED) is 0.0277. The lowest BCUT2D eigenvalue weighted by Crippen LogP contribution is -2.29. The molecule has 9 nitrogen and oxygen atoms in total. The molecule has 3 N–H and O–H groups in total. The van der Waals surface area contributed by atoms with Gasteiger partial charge >= 0.3 is 19.8 Å². The molecule has 2 atom stereocenters. The first-order chi connectivity index (χ1) is 23.8. The van der Waals surface area contributed by atoms with E-state index in [0.717, 1.165) is 38.5 Å². The third kappa shape index (κ3) is 36.3. The summed E-state index contributed by atoms with van der Waals surface area (Å²) in [6.45, 7) is 3.71. The minimum Gasteiger partial charge on any atom is -0.462 e. The summed E-state index contributed by atoms with van der Waals surface area (Å²) in [5.41, 5.74) is 5.33. The summed E-state index contributed by atoms with van der Waals surface area (Å²) >= 11 is 0. The summed E-state index contributed by atoms with van der Waals surface area (Å²) < 4.78 is 32.6. The van der Waals surface area contributed by atoms with Gasteiger partial charge in [-0.3, -0.25) is 18.6 Å². The van der Waals surface area contributed by atoms with E-state index in [1.54, 1.807) is 0 Å². The second-order valence-corrected chi connectivity index (χ2v) is 15.0. The van der Waals surface area contributed by atoms with Crippen molar-refractivity contribution in [3.8, 4) is 0 Å². The van der Waals surface area contributed by atoms with E-state index in [-0.39, 0.29) is 38.6 Å². The van der Waals surface area contributed by atoms with Gasteiger partial charge in [-0.25, -0.2) is 4.57 Å². The number of carbonyl (C=O) groups excluding carboxylic acids is 2. The number of allylic oxidation sites excluding steroid dienone is 2. The maximum Gasteiger partial charge on any atom is 0.472 e. The number of carbonyl (C=O) groups is 2. The predicted octanol–water partition coefficient (Wildman–Crippen LogP) is 11.1. The Morgan fingerprint density at radius 3 is 1.45 bits per heavy atom. The van der Waals surface area contributed by atoms with Gasteiger partial charge in [-0.1, -0.05) is 154 Å². The third-order valence-corrected chi connectivity index (χ3v) is 9.64. The van der Waals surface area contributed by atoms with Gasteiger partial charge in [0.05, 0.1) is 13.2 Å². The van der Waals surface area contributed by atoms with E-state index in [4.69, 9.17) is 24.3 Å². The lowest BCUT2D eigenvalue weighted by Gasteiger charge is -2.19. The summed E-state index contributed by atoms with van der Waals surface area (Å²) in [7, 11) is -4.36. The number of phosphoric ester groups is 1. The van der Waals surface area contributed by atoms with E-state index < -0.39 is 26.5 Å². The molecule has 0 rings (SSSR count). The second-order valence-electron chi connectivity index (χ2n) is 13.5. The highest BCUT2D eigenvalue weighted by Gasteiger charge is 2.26. The van der Waals surface area contributed by atoms with Gasteiger partial charge in [0.1, 0.15) is 6.61 Å². The Labute approximate surface area is 300 Å². The van der Waals surface area contributed by atoms with Gasteiger partial charge in [-0.05, 0) is 38.5 Å². The number of hydrogen-bond acceptors (Lipinski definition) is 8. The molecule has 0 aromatic heterocycles. The van der Waals surface area contributed by atoms with Crippen molar-refractivity contribution in [2.75, 3.05) is 26.4 Å². The molecule has 49 heavy (non-hydrogen) atoms. The van der Waals surface area contributed by atoms with Gasteiger partial charge < -0.3 is 20.1 Å². The van der Waals surface area contributed by atoms with Crippen molar-refractivity contribution in [1.29, 1.82) is 0 Å². The Kier molecular flexibility index (Phi) is 35.6. The smallest absolute Gasteiger partial charge is 0.462 e. The molecule has 0 amide bonds. The monoisotopic (exact) mass is 718 g/mol. The molecule has 0 aromatic rings. The van der Waals surface area contributed by atoms with Crippen LogP contribution in [0.4, 0.5) is 0 Å². The minimum absolute atomic E-state index is 0.0553. The molecule has 0 aliphatic carbocycles. The molecular weight excluding hydrogens is 641 g/mol.